The number of hydrogen-bond acceptors (Lipinski definition) is 8. The average molecular weight is 432 g/mol. The summed E-state index contributed by atoms with van der Waals surface area (Å²) in [5.41, 5.74) is 0.837. The fraction of sp³-hybridized carbons (Fsp3) is 0.429. The van der Waals surface area contributed by atoms with Crippen LogP contribution in [0.3, 0.4) is 0 Å². The molecule has 1 aromatic carbocycles. The number of ether oxygens (including phenoxy) is 3. The van der Waals surface area contributed by atoms with Gasteiger partial charge in [0.25, 0.3) is 5.69 Å². The Labute approximate surface area is 178 Å². The summed E-state index contributed by atoms with van der Waals surface area (Å²) in [6.45, 7) is 6.87. The van der Waals surface area contributed by atoms with Crippen LogP contribution in [0.25, 0.3) is 0 Å². The lowest BCUT2D eigenvalue weighted by Crippen LogP contribution is -2.33. The van der Waals surface area contributed by atoms with Gasteiger partial charge in [-0.3, -0.25) is 10.1 Å². The maximum Gasteiger partial charge on any atom is 0.336 e. The highest BCUT2D eigenvalue weighted by Gasteiger charge is 2.39. The largest absolute Gasteiger partial charge is 0.478 e. The zero-order chi connectivity index (χ0) is 22.9. The van der Waals surface area contributed by atoms with Crippen LogP contribution in [0.1, 0.15) is 39.2 Å². The number of hydrogen-bond donors (Lipinski definition) is 2. The van der Waals surface area contributed by atoms with E-state index in [9.17, 15) is 24.8 Å². The van der Waals surface area contributed by atoms with Gasteiger partial charge in [-0.15, -0.1) is 0 Å². The molecule has 1 fully saturated rings. The van der Waals surface area contributed by atoms with Crippen molar-refractivity contribution in [2.24, 2.45) is 0 Å². The molecule has 2 aliphatic heterocycles. The molecule has 0 radical (unpaired) electrons. The molecule has 166 valence electrons. The van der Waals surface area contributed by atoms with Crippen molar-refractivity contribution < 1.29 is 33.8 Å². The van der Waals surface area contributed by atoms with Crippen molar-refractivity contribution in [3.8, 4) is 0 Å². The number of nitrogens with one attached hydrogen (secondary N) is 1. The van der Waals surface area contributed by atoms with Gasteiger partial charge in [-0.05, 0) is 33.3 Å². The Hall–Kier alpha value is -3.24. The van der Waals surface area contributed by atoms with Crippen LogP contribution in [-0.2, 0) is 23.8 Å². The second-order valence-corrected chi connectivity index (χ2v) is 7.84. The minimum atomic E-state index is -1.24. The van der Waals surface area contributed by atoms with Crippen molar-refractivity contribution in [1.82, 2.24) is 5.32 Å². The van der Waals surface area contributed by atoms with Gasteiger partial charge >= 0.3 is 11.9 Å². The van der Waals surface area contributed by atoms with Gasteiger partial charge in [0.1, 0.15) is 12.7 Å². The first kappa shape index (κ1) is 22.4. The molecular weight excluding hydrogens is 408 g/mol. The number of aliphatic carboxylic acids is 1. The average Bonchev–Trinajstić information content (AvgIpc) is 3.04. The third-order valence-electron chi connectivity index (χ3n) is 5.09. The highest BCUT2D eigenvalue weighted by atomic mass is 16.7. The van der Waals surface area contributed by atoms with E-state index in [0.717, 1.165) is 0 Å². The second-order valence-electron chi connectivity index (χ2n) is 7.84. The van der Waals surface area contributed by atoms with Crippen LogP contribution in [-0.4, -0.2) is 47.1 Å². The van der Waals surface area contributed by atoms with Gasteiger partial charge in [0.05, 0.1) is 28.6 Å². The van der Waals surface area contributed by atoms with E-state index in [-0.39, 0.29) is 30.0 Å². The summed E-state index contributed by atoms with van der Waals surface area (Å²) in [6.07, 6.45) is -0.455. The summed E-state index contributed by atoms with van der Waals surface area (Å²) in [5.74, 6) is -3.79. The van der Waals surface area contributed by atoms with Crippen LogP contribution in [0.5, 0.6) is 0 Å². The Kier molecular flexibility index (Phi) is 6.14. The third-order valence-corrected chi connectivity index (χ3v) is 5.09. The van der Waals surface area contributed by atoms with Crippen LogP contribution in [0.2, 0.25) is 0 Å². The SMILES string of the molecule is CC1=C(C(=O)O)C(c2cccc([N+](=O)[O-])c2)C(C(=O)OCC2COC(C)(C)O2)=C(C)N1. The molecule has 10 nitrogen and oxygen atoms in total. The Morgan fingerprint density at radius 1 is 1.29 bits per heavy atom. The van der Waals surface area contributed by atoms with E-state index in [1.165, 1.54) is 18.2 Å². The number of esters is 1. The molecule has 3 rings (SSSR count). The number of dihydropyridines is 1. The summed E-state index contributed by atoms with van der Waals surface area (Å²) in [4.78, 5) is 35.7. The summed E-state index contributed by atoms with van der Waals surface area (Å²) < 4.78 is 16.5. The first-order valence-corrected chi connectivity index (χ1v) is 9.65. The van der Waals surface area contributed by atoms with Crippen LogP contribution >= 0.6 is 0 Å². The van der Waals surface area contributed by atoms with Crippen LogP contribution in [0.4, 0.5) is 5.69 Å². The maximum absolute atomic E-state index is 13.0. The van der Waals surface area contributed by atoms with Gasteiger partial charge in [0, 0.05) is 23.5 Å². The number of nitro benzene ring substituents is 1. The van der Waals surface area contributed by atoms with E-state index in [1.54, 1.807) is 33.8 Å². The fourth-order valence-corrected chi connectivity index (χ4v) is 3.79. The monoisotopic (exact) mass is 432 g/mol. The molecule has 0 spiro atoms. The number of carbonyl (C=O) groups is 2. The fourth-order valence-electron chi connectivity index (χ4n) is 3.79. The molecule has 1 aromatic rings. The van der Waals surface area contributed by atoms with Gasteiger partial charge in [0.15, 0.2) is 5.79 Å². The third kappa shape index (κ3) is 4.75. The molecule has 2 aliphatic rings. The predicted molar refractivity (Wildman–Crippen MR) is 108 cm³/mol. The van der Waals surface area contributed by atoms with Crippen molar-refractivity contribution in [3.05, 3.63) is 62.5 Å². The lowest BCUT2D eigenvalue weighted by Gasteiger charge is -2.29. The van der Waals surface area contributed by atoms with E-state index < -0.39 is 34.7 Å². The lowest BCUT2D eigenvalue weighted by atomic mass is 9.80. The number of non-ortho nitro benzene ring substituents is 1. The molecule has 0 aromatic heterocycles. The van der Waals surface area contributed by atoms with Crippen molar-refractivity contribution in [3.63, 3.8) is 0 Å². The van der Waals surface area contributed by atoms with E-state index in [2.05, 4.69) is 5.32 Å². The molecule has 0 saturated carbocycles. The lowest BCUT2D eigenvalue weighted by molar-refractivity contribution is -0.384. The number of benzene rings is 1. The molecule has 31 heavy (non-hydrogen) atoms. The molecule has 2 atom stereocenters. The van der Waals surface area contributed by atoms with Crippen LogP contribution < -0.4 is 5.32 Å². The molecule has 0 aliphatic carbocycles. The maximum atomic E-state index is 13.0. The number of nitrogens with zero attached hydrogens (tertiary/aromatic N) is 1. The minimum absolute atomic E-state index is 0.0710. The Morgan fingerprint density at radius 2 is 1.97 bits per heavy atom. The molecule has 10 heteroatoms. The zero-order valence-electron chi connectivity index (χ0n) is 17.6. The van der Waals surface area contributed by atoms with Gasteiger partial charge in [-0.2, -0.15) is 0 Å². The quantitative estimate of drug-likeness (QED) is 0.395. The first-order valence-electron chi connectivity index (χ1n) is 9.65. The number of nitro groups is 1. The number of carboxylic acid groups (broad SMARTS) is 1. The van der Waals surface area contributed by atoms with Crippen molar-refractivity contribution in [2.45, 2.75) is 45.5 Å². The molecular formula is C21H24N2O8. The van der Waals surface area contributed by atoms with E-state index in [0.29, 0.717) is 17.0 Å². The summed E-state index contributed by atoms with van der Waals surface area (Å²) in [6, 6.07) is 5.57. The zero-order valence-corrected chi connectivity index (χ0v) is 17.6. The normalized spacial score (nSPS) is 22.8. The number of carboxylic acids is 1. The molecule has 2 unspecified atom stereocenters. The topological polar surface area (TPSA) is 137 Å². The number of carbonyl (C=O) groups excluding carboxylic acids is 1. The van der Waals surface area contributed by atoms with E-state index >= 15 is 0 Å². The Bertz CT molecular complexity index is 995. The minimum Gasteiger partial charge on any atom is -0.478 e. The number of rotatable bonds is 6. The van der Waals surface area contributed by atoms with Gasteiger partial charge in [-0.25, -0.2) is 9.59 Å². The van der Waals surface area contributed by atoms with Gasteiger partial charge in [0.2, 0.25) is 0 Å². The highest BCUT2D eigenvalue weighted by Crippen LogP contribution is 2.39. The standard InChI is InChI=1S/C21H24N2O8/c1-11-16(19(24)25)18(13-6-5-7-14(8-13)23(27)28)17(12(2)22-11)20(26)29-9-15-10-30-21(3,4)31-15/h5-8,15,18,22H,9-10H2,1-4H3,(H,24,25). The summed E-state index contributed by atoms with van der Waals surface area (Å²) >= 11 is 0. The van der Waals surface area contributed by atoms with Crippen LogP contribution in [0.15, 0.2) is 46.8 Å². The smallest absolute Gasteiger partial charge is 0.336 e. The Morgan fingerprint density at radius 3 is 2.55 bits per heavy atom. The van der Waals surface area contributed by atoms with Crippen molar-refractivity contribution >= 4 is 17.6 Å². The molecule has 1 saturated heterocycles. The summed E-state index contributed by atoms with van der Waals surface area (Å²) in [5, 5.41) is 24.0. The van der Waals surface area contributed by atoms with Crippen LogP contribution in [0, 0.1) is 10.1 Å². The van der Waals surface area contributed by atoms with E-state index in [1.807, 2.05) is 0 Å². The summed E-state index contributed by atoms with van der Waals surface area (Å²) in [7, 11) is 0. The van der Waals surface area contributed by atoms with Gasteiger partial charge in [-0.1, -0.05) is 12.1 Å². The molecule has 2 heterocycles. The second kappa shape index (κ2) is 8.48. The highest BCUT2D eigenvalue weighted by molar-refractivity contribution is 5.99. The number of allylic oxidation sites excluding steroid dienone is 2. The molecule has 0 bridgehead atoms. The first-order chi connectivity index (χ1) is 14.5. The van der Waals surface area contributed by atoms with E-state index in [4.69, 9.17) is 14.2 Å². The predicted octanol–water partition coefficient (Wildman–Crippen LogP) is 2.61. The molecule has 0 amide bonds. The molecule has 2 N–H and O–H groups in total. The van der Waals surface area contributed by atoms with Crippen molar-refractivity contribution in [1.29, 1.82) is 0 Å². The Balaban J connectivity index is 1.95. The van der Waals surface area contributed by atoms with Crippen molar-refractivity contribution in [2.75, 3.05) is 13.2 Å². The van der Waals surface area contributed by atoms with Gasteiger partial charge < -0.3 is 24.6 Å².